The third-order valence-electron chi connectivity index (χ3n) is 5.80. The summed E-state index contributed by atoms with van der Waals surface area (Å²) in [6.07, 6.45) is 3.53. The summed E-state index contributed by atoms with van der Waals surface area (Å²) in [5.41, 5.74) is 6.49. The molecule has 2 aromatic rings. The standard InChI is InChI=1S/C22H26N2O/c1-17-5-2-3-6-21(17)16-23-11-13-24(14-12-23)22(25)20-10-9-18-7-4-8-19(18)15-20/h2-3,5-6,9-10,15H,4,7-8,11-14,16H2,1H3/p+1. The van der Waals surface area contributed by atoms with E-state index in [9.17, 15) is 4.79 Å². The van der Waals surface area contributed by atoms with Gasteiger partial charge in [0.25, 0.3) is 5.91 Å². The van der Waals surface area contributed by atoms with E-state index in [-0.39, 0.29) is 5.91 Å². The van der Waals surface area contributed by atoms with E-state index in [1.807, 2.05) is 11.0 Å². The SMILES string of the molecule is Cc1ccccc1C[NH+]1CCN(C(=O)c2ccc3c(c2)CCC3)CC1. The summed E-state index contributed by atoms with van der Waals surface area (Å²) in [6.45, 7) is 7.03. The number of benzene rings is 2. The van der Waals surface area contributed by atoms with Crippen LogP contribution in [-0.2, 0) is 19.4 Å². The van der Waals surface area contributed by atoms with Gasteiger partial charge in [0.15, 0.2) is 0 Å². The van der Waals surface area contributed by atoms with Crippen LogP contribution in [0.5, 0.6) is 0 Å². The molecule has 4 rings (SSSR count). The van der Waals surface area contributed by atoms with Gasteiger partial charge < -0.3 is 9.80 Å². The molecule has 25 heavy (non-hydrogen) atoms. The van der Waals surface area contributed by atoms with Crippen molar-refractivity contribution in [3.63, 3.8) is 0 Å². The fraction of sp³-hybridized carbons (Fsp3) is 0.409. The Morgan fingerprint density at radius 1 is 1.04 bits per heavy atom. The Hall–Kier alpha value is -2.13. The molecule has 2 aromatic carbocycles. The second-order valence-corrected chi connectivity index (χ2v) is 7.48. The van der Waals surface area contributed by atoms with Gasteiger partial charge in [0.2, 0.25) is 0 Å². The first kappa shape index (κ1) is 16.3. The van der Waals surface area contributed by atoms with Crippen molar-refractivity contribution in [1.29, 1.82) is 0 Å². The summed E-state index contributed by atoms with van der Waals surface area (Å²) >= 11 is 0. The Morgan fingerprint density at radius 2 is 1.80 bits per heavy atom. The van der Waals surface area contributed by atoms with E-state index < -0.39 is 0 Å². The number of amides is 1. The number of rotatable bonds is 3. The Balaban J connectivity index is 1.37. The van der Waals surface area contributed by atoms with Gasteiger partial charge in [0, 0.05) is 11.1 Å². The predicted molar refractivity (Wildman–Crippen MR) is 100.0 cm³/mol. The first-order chi connectivity index (χ1) is 12.2. The van der Waals surface area contributed by atoms with Crippen molar-refractivity contribution in [2.75, 3.05) is 26.2 Å². The molecule has 0 atom stereocenters. The van der Waals surface area contributed by atoms with Crippen LogP contribution in [0.25, 0.3) is 0 Å². The van der Waals surface area contributed by atoms with Crippen LogP contribution in [0.15, 0.2) is 42.5 Å². The zero-order valence-corrected chi connectivity index (χ0v) is 15.1. The maximum Gasteiger partial charge on any atom is 0.254 e. The Bertz CT molecular complexity index is 775. The molecule has 130 valence electrons. The number of hydrogen-bond donors (Lipinski definition) is 1. The number of aryl methyl sites for hydroxylation is 3. The summed E-state index contributed by atoms with van der Waals surface area (Å²) in [7, 11) is 0. The average molecular weight is 335 g/mol. The fourth-order valence-corrected chi connectivity index (χ4v) is 4.17. The molecule has 1 aliphatic heterocycles. The van der Waals surface area contributed by atoms with Crippen molar-refractivity contribution >= 4 is 5.91 Å². The summed E-state index contributed by atoms with van der Waals surface area (Å²) in [6, 6.07) is 15.0. The normalized spacial score (nSPS) is 17.6. The van der Waals surface area contributed by atoms with Gasteiger partial charge in [-0.1, -0.05) is 30.3 Å². The largest absolute Gasteiger partial charge is 0.328 e. The number of carbonyl (C=O) groups excluding carboxylic acids is 1. The minimum atomic E-state index is 0.213. The first-order valence-corrected chi connectivity index (χ1v) is 9.50. The van der Waals surface area contributed by atoms with Gasteiger partial charge in [-0.05, 0) is 55.0 Å². The van der Waals surface area contributed by atoms with Crippen LogP contribution >= 0.6 is 0 Å². The topological polar surface area (TPSA) is 24.8 Å². The predicted octanol–water partition coefficient (Wildman–Crippen LogP) is 2.02. The van der Waals surface area contributed by atoms with Crippen molar-refractivity contribution in [2.24, 2.45) is 0 Å². The molecule has 0 radical (unpaired) electrons. The minimum Gasteiger partial charge on any atom is -0.328 e. The molecule has 0 spiro atoms. The summed E-state index contributed by atoms with van der Waals surface area (Å²) < 4.78 is 0. The lowest BCUT2D eigenvalue weighted by molar-refractivity contribution is -0.917. The van der Waals surface area contributed by atoms with Crippen LogP contribution in [-0.4, -0.2) is 37.0 Å². The van der Waals surface area contributed by atoms with Crippen LogP contribution in [0, 0.1) is 6.92 Å². The number of piperazine rings is 1. The second-order valence-electron chi connectivity index (χ2n) is 7.48. The molecule has 3 nitrogen and oxygen atoms in total. The first-order valence-electron chi connectivity index (χ1n) is 9.50. The zero-order chi connectivity index (χ0) is 17.2. The van der Waals surface area contributed by atoms with Gasteiger partial charge in [-0.2, -0.15) is 0 Å². The zero-order valence-electron chi connectivity index (χ0n) is 15.1. The van der Waals surface area contributed by atoms with Crippen LogP contribution in [0.4, 0.5) is 0 Å². The van der Waals surface area contributed by atoms with E-state index in [2.05, 4.69) is 43.3 Å². The highest BCUT2D eigenvalue weighted by Gasteiger charge is 2.25. The summed E-state index contributed by atoms with van der Waals surface area (Å²) in [5, 5.41) is 0. The highest BCUT2D eigenvalue weighted by Crippen LogP contribution is 2.23. The molecule has 0 saturated carbocycles. The maximum atomic E-state index is 12.8. The Kier molecular flexibility index (Phi) is 4.58. The number of carbonyl (C=O) groups is 1. The van der Waals surface area contributed by atoms with E-state index >= 15 is 0 Å². The van der Waals surface area contributed by atoms with Gasteiger partial charge in [-0.3, -0.25) is 4.79 Å². The van der Waals surface area contributed by atoms with E-state index in [1.54, 1.807) is 4.90 Å². The molecular weight excluding hydrogens is 308 g/mol. The Labute approximate surface area is 150 Å². The van der Waals surface area contributed by atoms with E-state index in [0.717, 1.165) is 44.7 Å². The van der Waals surface area contributed by atoms with Crippen molar-refractivity contribution in [3.8, 4) is 0 Å². The molecular formula is C22H27N2O+. The van der Waals surface area contributed by atoms with Crippen molar-refractivity contribution in [1.82, 2.24) is 4.90 Å². The van der Waals surface area contributed by atoms with E-state index in [4.69, 9.17) is 0 Å². The van der Waals surface area contributed by atoms with Gasteiger partial charge in [0.05, 0.1) is 26.2 Å². The highest BCUT2D eigenvalue weighted by molar-refractivity contribution is 5.94. The van der Waals surface area contributed by atoms with Crippen molar-refractivity contribution < 1.29 is 9.69 Å². The van der Waals surface area contributed by atoms with Gasteiger partial charge in [-0.15, -0.1) is 0 Å². The lowest BCUT2D eigenvalue weighted by atomic mass is 10.1. The number of fused-ring (bicyclic) bond motifs is 1. The molecule has 1 heterocycles. The molecule has 0 aromatic heterocycles. The molecule has 1 saturated heterocycles. The third-order valence-corrected chi connectivity index (χ3v) is 5.80. The minimum absolute atomic E-state index is 0.213. The molecule has 1 N–H and O–H groups in total. The van der Waals surface area contributed by atoms with Gasteiger partial charge >= 0.3 is 0 Å². The number of hydrogen-bond acceptors (Lipinski definition) is 1. The molecule has 1 fully saturated rings. The lowest BCUT2D eigenvalue weighted by Gasteiger charge is -2.32. The number of nitrogens with zero attached hydrogens (tertiary/aromatic N) is 1. The quantitative estimate of drug-likeness (QED) is 0.912. The second kappa shape index (κ2) is 7.01. The maximum absolute atomic E-state index is 12.8. The van der Waals surface area contributed by atoms with Crippen molar-refractivity contribution in [3.05, 3.63) is 70.3 Å². The van der Waals surface area contributed by atoms with Gasteiger partial charge in [0.1, 0.15) is 6.54 Å². The monoisotopic (exact) mass is 335 g/mol. The van der Waals surface area contributed by atoms with Crippen LogP contribution < -0.4 is 4.90 Å². The smallest absolute Gasteiger partial charge is 0.254 e. The lowest BCUT2D eigenvalue weighted by Crippen LogP contribution is -3.13. The third kappa shape index (κ3) is 3.47. The van der Waals surface area contributed by atoms with Crippen molar-refractivity contribution in [2.45, 2.75) is 32.7 Å². The molecule has 2 aliphatic rings. The Morgan fingerprint density at radius 3 is 2.60 bits per heavy atom. The van der Waals surface area contributed by atoms with E-state index in [0.29, 0.717) is 0 Å². The molecule has 3 heteroatoms. The van der Waals surface area contributed by atoms with Crippen LogP contribution in [0.1, 0.15) is 39.0 Å². The summed E-state index contributed by atoms with van der Waals surface area (Å²) in [4.78, 5) is 16.5. The number of nitrogens with one attached hydrogen (secondary N) is 1. The highest BCUT2D eigenvalue weighted by atomic mass is 16.2. The molecule has 1 amide bonds. The average Bonchev–Trinajstić information content (AvgIpc) is 3.11. The molecule has 0 unspecified atom stereocenters. The van der Waals surface area contributed by atoms with E-state index in [1.165, 1.54) is 35.1 Å². The van der Waals surface area contributed by atoms with Crippen LogP contribution in [0.3, 0.4) is 0 Å². The van der Waals surface area contributed by atoms with Gasteiger partial charge in [-0.25, -0.2) is 0 Å². The number of quaternary nitrogens is 1. The van der Waals surface area contributed by atoms with Crippen LogP contribution in [0.2, 0.25) is 0 Å². The summed E-state index contributed by atoms with van der Waals surface area (Å²) in [5.74, 6) is 0.213. The fourth-order valence-electron chi connectivity index (χ4n) is 4.17. The molecule has 1 aliphatic carbocycles. The molecule has 0 bridgehead atoms.